The van der Waals surface area contributed by atoms with Crippen LogP contribution in [0.3, 0.4) is 0 Å². The van der Waals surface area contributed by atoms with Crippen molar-refractivity contribution in [2.45, 2.75) is 13.0 Å². The van der Waals surface area contributed by atoms with E-state index in [0.717, 1.165) is 5.56 Å². The van der Waals surface area contributed by atoms with Crippen LogP contribution in [0.4, 0.5) is 16.2 Å². The van der Waals surface area contributed by atoms with Crippen molar-refractivity contribution < 1.29 is 23.8 Å². The number of rotatable bonds is 8. The van der Waals surface area contributed by atoms with Gasteiger partial charge in [0, 0.05) is 31.2 Å². The van der Waals surface area contributed by atoms with Crippen molar-refractivity contribution in [1.82, 2.24) is 10.2 Å². The first-order valence-corrected chi connectivity index (χ1v) is 11.0. The minimum Gasteiger partial charge on any atom is -0.497 e. The Bertz CT molecular complexity index is 1070. The van der Waals surface area contributed by atoms with Crippen LogP contribution in [0.1, 0.15) is 18.5 Å². The molecule has 0 aromatic heterocycles. The number of nitrogens with zero attached hydrogens (tertiary/aromatic N) is 1. The second-order valence-corrected chi connectivity index (χ2v) is 7.89. The van der Waals surface area contributed by atoms with E-state index in [-0.39, 0.29) is 12.6 Å². The molecule has 0 bridgehead atoms. The van der Waals surface area contributed by atoms with Crippen LogP contribution in [-0.2, 0) is 14.3 Å². The van der Waals surface area contributed by atoms with Crippen LogP contribution in [-0.4, -0.2) is 56.5 Å². The van der Waals surface area contributed by atoms with Crippen molar-refractivity contribution in [3.05, 3.63) is 65.4 Å². The van der Waals surface area contributed by atoms with Gasteiger partial charge in [-0.15, -0.1) is 0 Å². The number of thiocarbonyl (C=S) groups is 1. The zero-order valence-corrected chi connectivity index (χ0v) is 20.3. The summed E-state index contributed by atoms with van der Waals surface area (Å²) in [6.45, 7) is 2.29. The van der Waals surface area contributed by atoms with Gasteiger partial charge >= 0.3 is 12.0 Å². The van der Waals surface area contributed by atoms with Crippen LogP contribution in [0.15, 0.2) is 59.8 Å². The molecular formula is C24H28N4O5S. The van der Waals surface area contributed by atoms with Crippen molar-refractivity contribution >= 4 is 40.7 Å². The molecule has 0 spiro atoms. The Kier molecular flexibility index (Phi) is 8.44. The molecule has 0 aliphatic carbocycles. The highest BCUT2D eigenvalue weighted by Gasteiger charge is 2.33. The van der Waals surface area contributed by atoms with Gasteiger partial charge in [-0.25, -0.2) is 9.59 Å². The van der Waals surface area contributed by atoms with Gasteiger partial charge in [0.25, 0.3) is 0 Å². The van der Waals surface area contributed by atoms with E-state index in [4.69, 9.17) is 26.4 Å². The van der Waals surface area contributed by atoms with E-state index in [1.165, 1.54) is 0 Å². The lowest BCUT2D eigenvalue weighted by Gasteiger charge is -2.35. The molecule has 10 heteroatoms. The largest absolute Gasteiger partial charge is 0.497 e. The smallest absolute Gasteiger partial charge is 0.338 e. The van der Waals surface area contributed by atoms with Crippen molar-refractivity contribution in [3.63, 3.8) is 0 Å². The number of carbonyl (C=O) groups is 2. The van der Waals surface area contributed by atoms with Crippen LogP contribution in [0.2, 0.25) is 0 Å². The fourth-order valence-corrected chi connectivity index (χ4v) is 3.63. The summed E-state index contributed by atoms with van der Waals surface area (Å²) in [5.74, 6) is 0.261. The van der Waals surface area contributed by atoms with Crippen LogP contribution >= 0.6 is 12.2 Å². The third-order valence-corrected chi connectivity index (χ3v) is 5.74. The van der Waals surface area contributed by atoms with Gasteiger partial charge in [-0.05, 0) is 61.1 Å². The first-order valence-electron chi connectivity index (χ1n) is 10.6. The van der Waals surface area contributed by atoms with E-state index >= 15 is 0 Å². The Labute approximate surface area is 204 Å². The van der Waals surface area contributed by atoms with Crippen LogP contribution in [0, 0.1) is 0 Å². The van der Waals surface area contributed by atoms with E-state index in [1.807, 2.05) is 19.1 Å². The standard InChI is InChI=1S/C24H28N4O5S/c1-15-20(22(29)33-14-13-31-3)21(27-24(34)28(15)2)16-5-7-17(8-6-16)25-23(30)26-18-9-11-19(32-4)12-10-18/h5-12,21H,13-14H2,1-4H3,(H,27,34)(H2,25,26,30). The number of hydrogen-bond acceptors (Lipinski definition) is 6. The summed E-state index contributed by atoms with van der Waals surface area (Å²) < 4.78 is 15.4. The molecule has 0 saturated heterocycles. The highest BCUT2D eigenvalue weighted by molar-refractivity contribution is 7.80. The minimum atomic E-state index is -0.485. The van der Waals surface area contributed by atoms with Gasteiger partial charge < -0.3 is 35.1 Å². The molecule has 180 valence electrons. The number of anilines is 2. The van der Waals surface area contributed by atoms with Crippen molar-refractivity contribution in [3.8, 4) is 5.75 Å². The highest BCUT2D eigenvalue weighted by Crippen LogP contribution is 2.31. The molecule has 0 saturated carbocycles. The third-order valence-electron chi connectivity index (χ3n) is 5.34. The number of urea groups is 1. The maximum Gasteiger partial charge on any atom is 0.338 e. The summed E-state index contributed by atoms with van der Waals surface area (Å²) in [6, 6.07) is 13.3. The number of hydrogen-bond donors (Lipinski definition) is 3. The molecule has 3 rings (SSSR count). The molecule has 9 nitrogen and oxygen atoms in total. The minimum absolute atomic E-state index is 0.152. The molecule has 1 unspecified atom stereocenters. The third kappa shape index (κ3) is 6.03. The second-order valence-electron chi connectivity index (χ2n) is 7.50. The van der Waals surface area contributed by atoms with E-state index in [0.29, 0.717) is 40.1 Å². The summed E-state index contributed by atoms with van der Waals surface area (Å²) in [7, 11) is 4.91. The maximum absolute atomic E-state index is 12.8. The van der Waals surface area contributed by atoms with E-state index < -0.39 is 12.0 Å². The predicted molar refractivity (Wildman–Crippen MR) is 134 cm³/mol. The molecule has 2 amide bonds. The molecule has 1 atom stereocenters. The highest BCUT2D eigenvalue weighted by atomic mass is 32.1. The van der Waals surface area contributed by atoms with Gasteiger partial charge in [-0.2, -0.15) is 0 Å². The zero-order valence-electron chi connectivity index (χ0n) is 19.5. The van der Waals surface area contributed by atoms with Crippen LogP contribution in [0.25, 0.3) is 0 Å². The lowest BCUT2D eigenvalue weighted by atomic mass is 9.95. The summed E-state index contributed by atoms with van der Waals surface area (Å²) in [5, 5.41) is 9.24. The van der Waals surface area contributed by atoms with Crippen LogP contribution in [0.5, 0.6) is 5.75 Å². The van der Waals surface area contributed by atoms with E-state index in [9.17, 15) is 9.59 Å². The fraction of sp³-hybridized carbons (Fsp3) is 0.292. The monoisotopic (exact) mass is 484 g/mol. The molecule has 2 aromatic rings. The second kappa shape index (κ2) is 11.5. The van der Waals surface area contributed by atoms with Crippen molar-refractivity contribution in [2.75, 3.05) is 45.1 Å². The fourth-order valence-electron chi connectivity index (χ4n) is 3.37. The molecule has 0 radical (unpaired) electrons. The number of ether oxygens (including phenoxy) is 3. The summed E-state index contributed by atoms with van der Waals surface area (Å²) in [4.78, 5) is 26.9. The van der Waals surface area contributed by atoms with Crippen LogP contribution < -0.4 is 20.7 Å². The van der Waals surface area contributed by atoms with Gasteiger partial charge in [0.1, 0.15) is 12.4 Å². The van der Waals surface area contributed by atoms with Gasteiger partial charge in [-0.3, -0.25) is 0 Å². The topological polar surface area (TPSA) is 101 Å². The molecule has 3 N–H and O–H groups in total. The number of methoxy groups -OCH3 is 2. The number of amides is 2. The first kappa shape index (κ1) is 25.0. The number of nitrogens with one attached hydrogen (secondary N) is 3. The Morgan fingerprint density at radius 1 is 1.00 bits per heavy atom. The average molecular weight is 485 g/mol. The Hall–Kier alpha value is -3.63. The number of benzene rings is 2. The number of esters is 1. The Morgan fingerprint density at radius 3 is 2.15 bits per heavy atom. The molecular weight excluding hydrogens is 456 g/mol. The van der Waals surface area contributed by atoms with Gasteiger partial charge in [-0.1, -0.05) is 12.1 Å². The number of allylic oxidation sites excluding steroid dienone is 1. The van der Waals surface area contributed by atoms with Gasteiger partial charge in [0.15, 0.2) is 5.11 Å². The molecule has 1 aliphatic heterocycles. The van der Waals surface area contributed by atoms with Gasteiger partial charge in [0.2, 0.25) is 0 Å². The van der Waals surface area contributed by atoms with Crippen molar-refractivity contribution in [2.24, 2.45) is 0 Å². The Morgan fingerprint density at radius 2 is 1.59 bits per heavy atom. The summed E-state index contributed by atoms with van der Waals surface area (Å²) in [5.41, 5.74) is 3.20. The lowest BCUT2D eigenvalue weighted by Crippen LogP contribution is -2.46. The average Bonchev–Trinajstić information content (AvgIpc) is 2.83. The zero-order chi connectivity index (χ0) is 24.7. The molecule has 34 heavy (non-hydrogen) atoms. The van der Waals surface area contributed by atoms with E-state index in [1.54, 1.807) is 62.6 Å². The van der Waals surface area contributed by atoms with Crippen molar-refractivity contribution in [1.29, 1.82) is 0 Å². The predicted octanol–water partition coefficient (Wildman–Crippen LogP) is 3.66. The Balaban J connectivity index is 1.72. The SMILES string of the molecule is COCCOC(=O)C1=C(C)N(C)C(=S)NC1c1ccc(NC(=O)Nc2ccc(OC)cc2)cc1. The number of carbonyl (C=O) groups excluding carboxylic acids is 2. The summed E-state index contributed by atoms with van der Waals surface area (Å²) >= 11 is 5.42. The van der Waals surface area contributed by atoms with E-state index in [2.05, 4.69) is 16.0 Å². The molecule has 1 aliphatic rings. The molecule has 0 fully saturated rings. The summed E-state index contributed by atoms with van der Waals surface area (Å²) in [6.07, 6.45) is 0. The van der Waals surface area contributed by atoms with Gasteiger partial charge in [0.05, 0.1) is 25.3 Å². The quantitative estimate of drug-likeness (QED) is 0.297. The maximum atomic E-state index is 12.8. The molecule has 1 heterocycles. The first-order chi connectivity index (χ1) is 16.3. The lowest BCUT2D eigenvalue weighted by molar-refractivity contribution is -0.140. The normalized spacial score (nSPS) is 15.5. The molecule has 2 aromatic carbocycles.